The summed E-state index contributed by atoms with van der Waals surface area (Å²) in [6.45, 7) is 4.74. The van der Waals surface area contributed by atoms with E-state index in [-0.39, 0.29) is 11.6 Å². The maximum absolute atomic E-state index is 9.91. The van der Waals surface area contributed by atoms with Gasteiger partial charge in [0.1, 0.15) is 0 Å². The molecule has 0 saturated heterocycles. The molecule has 3 atom stereocenters. The maximum Gasteiger partial charge on any atom is 0.0791 e. The lowest BCUT2D eigenvalue weighted by molar-refractivity contribution is 0.0678. The van der Waals surface area contributed by atoms with Gasteiger partial charge in [0.15, 0.2) is 0 Å². The molecule has 0 aliphatic heterocycles. The first-order chi connectivity index (χ1) is 8.85. The third-order valence-corrected chi connectivity index (χ3v) is 4.43. The lowest BCUT2D eigenvalue weighted by atomic mass is 9.75. The SMILES string of the molecule is CC1CCCC(CNCC(O)CN(C)C)(N(C)C)C1. The molecule has 114 valence electrons. The fraction of sp³-hybridized carbons (Fsp3) is 1.00. The molecule has 0 amide bonds. The average molecular weight is 271 g/mol. The number of nitrogens with zero attached hydrogens (tertiary/aromatic N) is 2. The minimum atomic E-state index is -0.282. The Kier molecular flexibility index (Phi) is 6.74. The van der Waals surface area contributed by atoms with Crippen LogP contribution >= 0.6 is 0 Å². The summed E-state index contributed by atoms with van der Waals surface area (Å²) in [6, 6.07) is 0. The van der Waals surface area contributed by atoms with Crippen LogP contribution in [0.4, 0.5) is 0 Å². The minimum absolute atomic E-state index is 0.273. The molecular weight excluding hydrogens is 238 g/mol. The molecule has 1 aliphatic rings. The molecule has 1 aliphatic carbocycles. The fourth-order valence-corrected chi connectivity index (χ4v) is 3.31. The summed E-state index contributed by atoms with van der Waals surface area (Å²) >= 11 is 0. The highest BCUT2D eigenvalue weighted by molar-refractivity contribution is 4.94. The van der Waals surface area contributed by atoms with Crippen molar-refractivity contribution in [2.24, 2.45) is 5.92 Å². The van der Waals surface area contributed by atoms with E-state index in [0.29, 0.717) is 6.54 Å². The van der Waals surface area contributed by atoms with E-state index in [9.17, 15) is 5.11 Å². The molecule has 1 rings (SSSR count). The van der Waals surface area contributed by atoms with E-state index < -0.39 is 0 Å². The second-order valence-corrected chi connectivity index (χ2v) is 6.87. The Morgan fingerprint density at radius 3 is 2.53 bits per heavy atom. The highest BCUT2D eigenvalue weighted by Gasteiger charge is 2.36. The van der Waals surface area contributed by atoms with E-state index in [1.807, 2.05) is 19.0 Å². The summed E-state index contributed by atoms with van der Waals surface area (Å²) in [5.41, 5.74) is 0.273. The average Bonchev–Trinajstić information content (AvgIpc) is 2.27. The number of rotatable bonds is 7. The van der Waals surface area contributed by atoms with E-state index in [1.54, 1.807) is 0 Å². The van der Waals surface area contributed by atoms with Crippen molar-refractivity contribution >= 4 is 0 Å². The number of nitrogens with one attached hydrogen (secondary N) is 1. The van der Waals surface area contributed by atoms with E-state index >= 15 is 0 Å². The molecule has 3 unspecified atom stereocenters. The molecule has 1 saturated carbocycles. The van der Waals surface area contributed by atoms with Gasteiger partial charge < -0.3 is 20.2 Å². The quantitative estimate of drug-likeness (QED) is 0.725. The lowest BCUT2D eigenvalue weighted by Gasteiger charge is -2.45. The van der Waals surface area contributed by atoms with E-state index in [1.165, 1.54) is 25.7 Å². The van der Waals surface area contributed by atoms with Crippen LogP contribution in [-0.2, 0) is 0 Å². The van der Waals surface area contributed by atoms with Gasteiger partial charge in [-0.2, -0.15) is 0 Å². The molecule has 2 N–H and O–H groups in total. The number of aliphatic hydroxyl groups excluding tert-OH is 1. The molecule has 4 nitrogen and oxygen atoms in total. The molecule has 0 spiro atoms. The van der Waals surface area contributed by atoms with Crippen molar-refractivity contribution in [1.82, 2.24) is 15.1 Å². The summed E-state index contributed by atoms with van der Waals surface area (Å²) in [4.78, 5) is 4.41. The molecule has 0 aromatic rings. The van der Waals surface area contributed by atoms with Crippen molar-refractivity contribution in [3.8, 4) is 0 Å². The van der Waals surface area contributed by atoms with Crippen LogP contribution < -0.4 is 5.32 Å². The molecule has 4 heteroatoms. The number of aliphatic hydroxyl groups is 1. The van der Waals surface area contributed by atoms with Crippen LogP contribution in [0.3, 0.4) is 0 Å². The molecular formula is C15H33N3O. The van der Waals surface area contributed by atoms with Gasteiger partial charge in [0.05, 0.1) is 6.10 Å². The summed E-state index contributed by atoms with van der Waals surface area (Å²) in [6.07, 6.45) is 4.92. The Balaban J connectivity index is 2.42. The smallest absolute Gasteiger partial charge is 0.0791 e. The van der Waals surface area contributed by atoms with Crippen molar-refractivity contribution in [2.75, 3.05) is 47.8 Å². The van der Waals surface area contributed by atoms with Crippen molar-refractivity contribution in [1.29, 1.82) is 0 Å². The first-order valence-electron chi connectivity index (χ1n) is 7.56. The van der Waals surface area contributed by atoms with Crippen molar-refractivity contribution in [3.05, 3.63) is 0 Å². The van der Waals surface area contributed by atoms with Gasteiger partial charge in [-0.1, -0.05) is 19.8 Å². The Morgan fingerprint density at radius 2 is 2.00 bits per heavy atom. The summed E-state index contributed by atoms with van der Waals surface area (Å²) in [5, 5.41) is 13.4. The van der Waals surface area contributed by atoms with Crippen LogP contribution in [-0.4, -0.2) is 74.4 Å². The van der Waals surface area contributed by atoms with Gasteiger partial charge in [-0.15, -0.1) is 0 Å². The summed E-state index contributed by atoms with van der Waals surface area (Å²) < 4.78 is 0. The zero-order valence-corrected chi connectivity index (χ0v) is 13.4. The first-order valence-corrected chi connectivity index (χ1v) is 7.56. The van der Waals surface area contributed by atoms with Gasteiger partial charge in [0, 0.05) is 25.2 Å². The topological polar surface area (TPSA) is 38.7 Å². The van der Waals surface area contributed by atoms with Crippen LogP contribution in [0.1, 0.15) is 32.6 Å². The standard InChI is InChI=1S/C15H33N3O/c1-13-7-6-8-15(9-13,18(4)5)12-16-10-14(19)11-17(2)3/h13-14,16,19H,6-12H2,1-5H3. The Morgan fingerprint density at radius 1 is 1.32 bits per heavy atom. The zero-order chi connectivity index (χ0) is 14.5. The van der Waals surface area contributed by atoms with Crippen molar-refractivity contribution < 1.29 is 5.11 Å². The van der Waals surface area contributed by atoms with Crippen LogP contribution in [0.15, 0.2) is 0 Å². The van der Waals surface area contributed by atoms with Gasteiger partial charge in [0.2, 0.25) is 0 Å². The summed E-state index contributed by atoms with van der Waals surface area (Å²) in [7, 11) is 8.37. The van der Waals surface area contributed by atoms with Crippen LogP contribution in [0.5, 0.6) is 0 Å². The minimum Gasteiger partial charge on any atom is -0.390 e. The Hall–Kier alpha value is -0.160. The lowest BCUT2D eigenvalue weighted by Crippen LogP contribution is -2.55. The monoisotopic (exact) mass is 271 g/mol. The summed E-state index contributed by atoms with van der Waals surface area (Å²) in [5.74, 6) is 0.810. The van der Waals surface area contributed by atoms with E-state index in [4.69, 9.17) is 0 Å². The van der Waals surface area contributed by atoms with Gasteiger partial charge >= 0.3 is 0 Å². The largest absolute Gasteiger partial charge is 0.390 e. The third kappa shape index (κ3) is 5.38. The molecule has 0 aromatic carbocycles. The van der Waals surface area contributed by atoms with E-state index in [0.717, 1.165) is 19.0 Å². The molecule has 0 aromatic heterocycles. The maximum atomic E-state index is 9.91. The van der Waals surface area contributed by atoms with Gasteiger partial charge in [-0.3, -0.25) is 0 Å². The van der Waals surface area contributed by atoms with Gasteiger partial charge in [-0.05, 0) is 47.0 Å². The molecule has 0 bridgehead atoms. The van der Waals surface area contributed by atoms with Gasteiger partial charge in [-0.25, -0.2) is 0 Å². The predicted molar refractivity (Wildman–Crippen MR) is 81.5 cm³/mol. The fourth-order valence-electron chi connectivity index (χ4n) is 3.31. The van der Waals surface area contributed by atoms with Crippen LogP contribution in [0.25, 0.3) is 0 Å². The first kappa shape index (κ1) is 16.9. The van der Waals surface area contributed by atoms with E-state index in [2.05, 4.69) is 31.2 Å². The molecule has 0 radical (unpaired) electrons. The normalized spacial score (nSPS) is 30.0. The van der Waals surface area contributed by atoms with Crippen molar-refractivity contribution in [2.45, 2.75) is 44.2 Å². The number of hydrogen-bond donors (Lipinski definition) is 2. The van der Waals surface area contributed by atoms with Crippen molar-refractivity contribution in [3.63, 3.8) is 0 Å². The Bertz CT molecular complexity index is 258. The molecule has 19 heavy (non-hydrogen) atoms. The second-order valence-electron chi connectivity index (χ2n) is 6.87. The van der Waals surface area contributed by atoms with Gasteiger partial charge in [0.25, 0.3) is 0 Å². The van der Waals surface area contributed by atoms with Crippen LogP contribution in [0.2, 0.25) is 0 Å². The second kappa shape index (κ2) is 7.58. The highest BCUT2D eigenvalue weighted by Crippen LogP contribution is 2.35. The molecule has 1 fully saturated rings. The number of likely N-dealkylation sites (N-methyl/N-ethyl adjacent to an activating group) is 2. The predicted octanol–water partition coefficient (Wildman–Crippen LogP) is 1.01. The zero-order valence-electron chi connectivity index (χ0n) is 13.4. The number of hydrogen-bond acceptors (Lipinski definition) is 4. The van der Waals surface area contributed by atoms with Crippen LogP contribution in [0, 0.1) is 5.92 Å². The third-order valence-electron chi connectivity index (χ3n) is 4.43. The Labute approximate surface area is 119 Å². The highest BCUT2D eigenvalue weighted by atomic mass is 16.3. The molecule has 0 heterocycles.